The summed E-state index contributed by atoms with van der Waals surface area (Å²) in [6.45, 7) is 4.30. The van der Waals surface area contributed by atoms with E-state index in [1.54, 1.807) is 0 Å². The van der Waals surface area contributed by atoms with Gasteiger partial charge in [-0.2, -0.15) is 0 Å². The minimum absolute atomic E-state index is 0.298. The van der Waals surface area contributed by atoms with E-state index in [9.17, 15) is 4.79 Å². The van der Waals surface area contributed by atoms with E-state index in [-0.39, 0.29) is 0 Å². The Balaban J connectivity index is 1.73. The molecular weight excluding hydrogens is 162 g/mol. The average Bonchev–Trinajstić information content (AvgIpc) is 2.62. The standard InChI is InChI=1S/C11H19NO/c1-7-6-10(7)11(13)12-8(2)9-4-3-5-9/h7-10H,3-6H2,1-2H3,(H,12,13)/t7?,8-,10?/m0/s1. The molecule has 1 N–H and O–H groups in total. The first-order chi connectivity index (χ1) is 6.18. The van der Waals surface area contributed by atoms with Crippen molar-refractivity contribution >= 4 is 5.91 Å². The Bertz CT molecular complexity index is 210. The van der Waals surface area contributed by atoms with Crippen molar-refractivity contribution in [3.63, 3.8) is 0 Å². The summed E-state index contributed by atoms with van der Waals surface area (Å²) in [4.78, 5) is 11.6. The Morgan fingerprint density at radius 2 is 2.08 bits per heavy atom. The summed E-state index contributed by atoms with van der Waals surface area (Å²) in [6.07, 6.45) is 5.07. The maximum absolute atomic E-state index is 11.6. The van der Waals surface area contributed by atoms with Crippen LogP contribution in [-0.4, -0.2) is 11.9 Å². The van der Waals surface area contributed by atoms with Gasteiger partial charge in [0.05, 0.1) is 0 Å². The summed E-state index contributed by atoms with van der Waals surface area (Å²) in [6, 6.07) is 0.411. The van der Waals surface area contributed by atoms with E-state index in [4.69, 9.17) is 0 Å². The van der Waals surface area contributed by atoms with Crippen LogP contribution in [0.25, 0.3) is 0 Å². The van der Waals surface area contributed by atoms with Gasteiger partial charge in [0.2, 0.25) is 5.91 Å². The van der Waals surface area contributed by atoms with E-state index in [2.05, 4.69) is 19.2 Å². The molecule has 0 aliphatic heterocycles. The van der Waals surface area contributed by atoms with E-state index in [1.807, 2.05) is 0 Å². The normalized spacial score (nSPS) is 34.9. The lowest BCUT2D eigenvalue weighted by Gasteiger charge is -2.31. The third-order valence-corrected chi connectivity index (χ3v) is 3.67. The highest BCUT2D eigenvalue weighted by molar-refractivity contribution is 5.81. The number of hydrogen-bond donors (Lipinski definition) is 1. The molecule has 1 amide bonds. The number of hydrogen-bond acceptors (Lipinski definition) is 1. The lowest BCUT2D eigenvalue weighted by molar-refractivity contribution is -0.123. The summed E-state index contributed by atoms with van der Waals surface area (Å²) in [5.74, 6) is 2.03. The third-order valence-electron chi connectivity index (χ3n) is 3.67. The molecule has 2 saturated carbocycles. The maximum atomic E-state index is 11.6. The quantitative estimate of drug-likeness (QED) is 0.708. The van der Waals surface area contributed by atoms with Crippen molar-refractivity contribution in [3.8, 4) is 0 Å². The van der Waals surface area contributed by atoms with Crippen molar-refractivity contribution < 1.29 is 4.79 Å². The Morgan fingerprint density at radius 1 is 1.46 bits per heavy atom. The van der Waals surface area contributed by atoms with Crippen LogP contribution in [0.5, 0.6) is 0 Å². The maximum Gasteiger partial charge on any atom is 0.223 e. The van der Waals surface area contributed by atoms with Gasteiger partial charge in [0, 0.05) is 12.0 Å². The average molecular weight is 181 g/mol. The lowest BCUT2D eigenvalue weighted by Crippen LogP contribution is -2.41. The fraction of sp³-hybridized carbons (Fsp3) is 0.909. The van der Waals surface area contributed by atoms with Crippen molar-refractivity contribution in [2.45, 2.75) is 45.6 Å². The van der Waals surface area contributed by atoms with Crippen LogP contribution in [0.4, 0.5) is 0 Å². The van der Waals surface area contributed by atoms with Gasteiger partial charge in [-0.15, -0.1) is 0 Å². The second-order valence-corrected chi connectivity index (χ2v) is 4.81. The van der Waals surface area contributed by atoms with Crippen molar-refractivity contribution in [1.29, 1.82) is 0 Å². The summed E-state index contributed by atoms with van der Waals surface area (Å²) in [5.41, 5.74) is 0. The molecule has 2 fully saturated rings. The predicted octanol–water partition coefficient (Wildman–Crippen LogP) is 1.95. The molecule has 0 radical (unpaired) electrons. The topological polar surface area (TPSA) is 29.1 Å². The molecule has 13 heavy (non-hydrogen) atoms. The van der Waals surface area contributed by atoms with Crippen molar-refractivity contribution in [3.05, 3.63) is 0 Å². The third kappa shape index (κ3) is 1.87. The second kappa shape index (κ2) is 3.32. The van der Waals surface area contributed by atoms with Crippen molar-refractivity contribution in [1.82, 2.24) is 5.32 Å². The number of rotatable bonds is 3. The molecule has 2 rings (SSSR count). The van der Waals surface area contributed by atoms with Crippen molar-refractivity contribution in [2.24, 2.45) is 17.8 Å². The van der Waals surface area contributed by atoms with Gasteiger partial charge in [0.25, 0.3) is 0 Å². The molecule has 0 aromatic heterocycles. The Kier molecular flexibility index (Phi) is 2.31. The fourth-order valence-corrected chi connectivity index (χ4v) is 2.08. The zero-order valence-electron chi connectivity index (χ0n) is 8.55. The molecule has 2 aliphatic carbocycles. The Labute approximate surface area is 80.1 Å². The molecule has 2 heteroatoms. The van der Waals surface area contributed by atoms with E-state index in [0.717, 1.165) is 12.3 Å². The van der Waals surface area contributed by atoms with Crippen LogP contribution in [0.2, 0.25) is 0 Å². The van der Waals surface area contributed by atoms with Crippen LogP contribution in [0, 0.1) is 17.8 Å². The highest BCUT2D eigenvalue weighted by Gasteiger charge is 2.40. The molecule has 2 unspecified atom stereocenters. The number of nitrogens with one attached hydrogen (secondary N) is 1. The summed E-state index contributed by atoms with van der Waals surface area (Å²) in [7, 11) is 0. The summed E-state index contributed by atoms with van der Waals surface area (Å²) >= 11 is 0. The highest BCUT2D eigenvalue weighted by atomic mass is 16.2. The molecule has 74 valence electrons. The molecule has 2 aliphatic rings. The summed E-state index contributed by atoms with van der Waals surface area (Å²) in [5, 5.41) is 3.14. The zero-order chi connectivity index (χ0) is 9.42. The highest BCUT2D eigenvalue weighted by Crippen LogP contribution is 2.38. The molecule has 0 heterocycles. The number of carbonyl (C=O) groups excluding carboxylic acids is 1. The first-order valence-electron chi connectivity index (χ1n) is 5.49. The smallest absolute Gasteiger partial charge is 0.223 e. The van der Waals surface area contributed by atoms with Gasteiger partial charge in [0.1, 0.15) is 0 Å². The van der Waals surface area contributed by atoms with E-state index < -0.39 is 0 Å². The van der Waals surface area contributed by atoms with E-state index in [0.29, 0.717) is 23.8 Å². The number of carbonyl (C=O) groups is 1. The van der Waals surface area contributed by atoms with Gasteiger partial charge in [0.15, 0.2) is 0 Å². The molecule has 0 spiro atoms. The predicted molar refractivity (Wildman–Crippen MR) is 52.2 cm³/mol. The van der Waals surface area contributed by atoms with Gasteiger partial charge < -0.3 is 5.32 Å². The van der Waals surface area contributed by atoms with E-state index in [1.165, 1.54) is 19.3 Å². The largest absolute Gasteiger partial charge is 0.353 e. The fourth-order valence-electron chi connectivity index (χ4n) is 2.08. The Morgan fingerprint density at radius 3 is 2.46 bits per heavy atom. The SMILES string of the molecule is CC1CC1C(=O)N[C@@H](C)C1CCC1. The zero-order valence-corrected chi connectivity index (χ0v) is 8.55. The molecule has 0 saturated heterocycles. The molecule has 0 aromatic carbocycles. The minimum Gasteiger partial charge on any atom is -0.353 e. The van der Waals surface area contributed by atoms with Gasteiger partial charge in [-0.25, -0.2) is 0 Å². The van der Waals surface area contributed by atoms with Crippen LogP contribution in [0.1, 0.15) is 39.5 Å². The molecule has 0 bridgehead atoms. The van der Waals surface area contributed by atoms with Crippen LogP contribution in [0.3, 0.4) is 0 Å². The molecule has 2 nitrogen and oxygen atoms in total. The van der Waals surface area contributed by atoms with Crippen molar-refractivity contribution in [2.75, 3.05) is 0 Å². The lowest BCUT2D eigenvalue weighted by atomic mass is 9.80. The Hall–Kier alpha value is -0.530. The molecular formula is C11H19NO. The van der Waals surface area contributed by atoms with Crippen LogP contribution in [-0.2, 0) is 4.79 Å². The van der Waals surface area contributed by atoms with E-state index >= 15 is 0 Å². The van der Waals surface area contributed by atoms with Gasteiger partial charge >= 0.3 is 0 Å². The second-order valence-electron chi connectivity index (χ2n) is 4.81. The first-order valence-corrected chi connectivity index (χ1v) is 5.49. The summed E-state index contributed by atoms with van der Waals surface area (Å²) < 4.78 is 0. The molecule has 0 aromatic rings. The van der Waals surface area contributed by atoms with Crippen LogP contribution < -0.4 is 5.32 Å². The first kappa shape index (κ1) is 9.04. The monoisotopic (exact) mass is 181 g/mol. The van der Waals surface area contributed by atoms with Gasteiger partial charge in [-0.1, -0.05) is 13.3 Å². The van der Waals surface area contributed by atoms with Gasteiger partial charge in [-0.3, -0.25) is 4.79 Å². The molecule has 3 atom stereocenters. The van der Waals surface area contributed by atoms with Gasteiger partial charge in [-0.05, 0) is 38.0 Å². The van der Waals surface area contributed by atoms with Crippen LogP contribution >= 0.6 is 0 Å². The number of amides is 1. The van der Waals surface area contributed by atoms with Crippen LogP contribution in [0.15, 0.2) is 0 Å². The minimum atomic E-state index is 0.298.